The molecule has 9 heavy (non-hydrogen) atoms. The molecular weight excluding hydrogens is 238 g/mol. The van der Waals surface area contributed by atoms with Crippen LogP contribution in [0, 0.1) is 0 Å². The van der Waals surface area contributed by atoms with Crippen LogP contribution in [0.15, 0.2) is 0 Å². The molecule has 0 saturated heterocycles. The van der Waals surface area contributed by atoms with Crippen molar-refractivity contribution < 1.29 is 41.5 Å². The Morgan fingerprint density at radius 3 is 1.33 bits per heavy atom. The van der Waals surface area contributed by atoms with Crippen molar-refractivity contribution in [3.05, 3.63) is 0 Å². The monoisotopic (exact) mass is 248 g/mol. The number of aliphatic hydroxyl groups excluding tert-OH is 3. The van der Waals surface area contributed by atoms with Crippen molar-refractivity contribution in [3.8, 4) is 0 Å². The van der Waals surface area contributed by atoms with E-state index < -0.39 is 6.10 Å². The number of hydrogen-bond donors (Lipinski definition) is 3. The molecule has 0 unspecified atom stereocenters. The van der Waals surface area contributed by atoms with E-state index in [-0.39, 0.29) is 69.2 Å². The number of halogens is 1. The van der Waals surface area contributed by atoms with Gasteiger partial charge in [0.1, 0.15) is 6.10 Å². The molecule has 0 atom stereocenters. The van der Waals surface area contributed by atoms with Gasteiger partial charge in [-0.3, -0.25) is 0 Å². The first kappa shape index (κ1) is 22.4. The van der Waals surface area contributed by atoms with Gasteiger partial charge in [-0.1, -0.05) is 0 Å². The summed E-state index contributed by atoms with van der Waals surface area (Å²) in [4.78, 5) is 0. The zero-order chi connectivity index (χ0) is 4.99. The molecule has 6 heteroatoms. The summed E-state index contributed by atoms with van der Waals surface area (Å²) in [6.07, 6.45) is -0.954. The summed E-state index contributed by atoms with van der Waals surface area (Å²) in [6.45, 7) is -0.729. The fourth-order valence-electron chi connectivity index (χ4n) is 0.0577. The zero-order valence-electron chi connectivity index (χ0n) is 4.24. The molecule has 0 aliphatic carbocycles. The first-order chi connectivity index (χ1) is 2.81. The minimum atomic E-state index is -0.954. The number of hydrogen-bond acceptors (Lipinski definition) is 3. The van der Waals surface area contributed by atoms with Crippen molar-refractivity contribution in [2.75, 3.05) is 13.2 Å². The van der Waals surface area contributed by atoms with E-state index in [0.717, 1.165) is 0 Å². The van der Waals surface area contributed by atoms with Crippen LogP contribution in [0.5, 0.6) is 0 Å². The SMILES string of the molecule is Cl.OCC(O)CO.[AlH3].[Zr]. The predicted octanol–water partition coefficient (Wildman–Crippen LogP) is -2.43. The van der Waals surface area contributed by atoms with Crippen molar-refractivity contribution in [2.24, 2.45) is 0 Å². The molecule has 0 rings (SSSR count). The fourth-order valence-corrected chi connectivity index (χ4v) is 0.0577. The molecule has 0 bridgehead atoms. The Labute approximate surface area is 90.1 Å². The molecule has 0 heterocycles. The minimum Gasteiger partial charge on any atom is -0.394 e. The molecule has 0 fully saturated rings. The van der Waals surface area contributed by atoms with Crippen LogP contribution in [-0.4, -0.2) is 52.0 Å². The Bertz CT molecular complexity index is 38.2. The summed E-state index contributed by atoms with van der Waals surface area (Å²) < 4.78 is 0. The standard InChI is InChI=1S/C3H8O3.Al.ClH.Zr.3H/c4-1-3(6)2-5;;;;;;/h3-6H,1-2H2;;1H;;;;. The molecule has 0 aliphatic rings. The average molecular weight is 250 g/mol. The molecule has 0 aromatic heterocycles. The second kappa shape index (κ2) is 16.3. The maximum Gasteiger partial charge on any atom is 0.187 e. The maximum absolute atomic E-state index is 8.17. The molecule has 0 aliphatic heterocycles. The van der Waals surface area contributed by atoms with Crippen LogP contribution in [-0.2, 0) is 26.2 Å². The van der Waals surface area contributed by atoms with Gasteiger partial charge in [0.05, 0.1) is 13.2 Å². The van der Waals surface area contributed by atoms with Crippen molar-refractivity contribution in [1.82, 2.24) is 0 Å². The average Bonchev–Trinajstić information content (AvgIpc) is 1.65. The van der Waals surface area contributed by atoms with E-state index in [1.807, 2.05) is 0 Å². The molecule has 0 aromatic rings. The summed E-state index contributed by atoms with van der Waals surface area (Å²) in [5.74, 6) is 0. The Morgan fingerprint density at radius 2 is 1.33 bits per heavy atom. The van der Waals surface area contributed by atoms with Crippen LogP contribution in [0.4, 0.5) is 0 Å². The first-order valence-corrected chi connectivity index (χ1v) is 1.71. The Kier molecular flexibility index (Phi) is 40.6. The maximum atomic E-state index is 8.17. The van der Waals surface area contributed by atoms with Gasteiger partial charge in [-0.25, -0.2) is 0 Å². The van der Waals surface area contributed by atoms with Gasteiger partial charge in [0.25, 0.3) is 0 Å². The van der Waals surface area contributed by atoms with Crippen molar-refractivity contribution >= 4 is 29.8 Å². The van der Waals surface area contributed by atoms with E-state index in [0.29, 0.717) is 0 Å². The molecule has 3 nitrogen and oxygen atoms in total. The fraction of sp³-hybridized carbons (Fsp3) is 1.00. The largest absolute Gasteiger partial charge is 0.394 e. The third-order valence-corrected chi connectivity index (χ3v) is 0.421. The van der Waals surface area contributed by atoms with Gasteiger partial charge in [-0.2, -0.15) is 0 Å². The smallest absolute Gasteiger partial charge is 0.187 e. The van der Waals surface area contributed by atoms with E-state index in [4.69, 9.17) is 15.3 Å². The third kappa shape index (κ3) is 17.7. The summed E-state index contributed by atoms with van der Waals surface area (Å²) in [7, 11) is 0. The summed E-state index contributed by atoms with van der Waals surface area (Å²) in [6, 6.07) is 0. The molecule has 0 spiro atoms. The molecule has 56 valence electrons. The van der Waals surface area contributed by atoms with E-state index in [1.165, 1.54) is 0 Å². The first-order valence-electron chi connectivity index (χ1n) is 1.71. The van der Waals surface area contributed by atoms with Gasteiger partial charge in [-0.15, -0.1) is 12.4 Å². The van der Waals surface area contributed by atoms with E-state index in [9.17, 15) is 0 Å². The van der Waals surface area contributed by atoms with Crippen molar-refractivity contribution in [3.63, 3.8) is 0 Å². The minimum absolute atomic E-state index is 0. The van der Waals surface area contributed by atoms with Crippen LogP contribution in [0.3, 0.4) is 0 Å². The predicted molar refractivity (Wildman–Crippen MR) is 37.4 cm³/mol. The van der Waals surface area contributed by atoms with Crippen molar-refractivity contribution in [2.45, 2.75) is 6.10 Å². The van der Waals surface area contributed by atoms with Crippen molar-refractivity contribution in [1.29, 1.82) is 0 Å². The quantitative estimate of drug-likeness (QED) is 0.477. The Morgan fingerprint density at radius 1 is 1.11 bits per heavy atom. The van der Waals surface area contributed by atoms with Crippen LogP contribution in [0.1, 0.15) is 0 Å². The molecule has 0 saturated carbocycles. The van der Waals surface area contributed by atoms with Gasteiger partial charge in [0, 0.05) is 26.2 Å². The molecule has 0 radical (unpaired) electrons. The summed E-state index contributed by atoms with van der Waals surface area (Å²) in [5, 5.41) is 24.0. The van der Waals surface area contributed by atoms with Gasteiger partial charge >= 0.3 is 0 Å². The van der Waals surface area contributed by atoms with E-state index in [1.54, 1.807) is 0 Å². The Hall–Kier alpha value is 1.59. The number of rotatable bonds is 2. The van der Waals surface area contributed by atoms with Crippen LogP contribution < -0.4 is 0 Å². The van der Waals surface area contributed by atoms with Gasteiger partial charge < -0.3 is 15.3 Å². The third-order valence-electron chi connectivity index (χ3n) is 0.421. The summed E-state index contributed by atoms with van der Waals surface area (Å²) >= 11 is 0. The Balaban J connectivity index is -0.0000000417. The normalized spacial score (nSPS) is 6.67. The topological polar surface area (TPSA) is 60.7 Å². The second-order valence-electron chi connectivity index (χ2n) is 1.02. The van der Waals surface area contributed by atoms with E-state index in [2.05, 4.69) is 0 Å². The molecule has 0 aromatic carbocycles. The van der Waals surface area contributed by atoms with Crippen LogP contribution in [0.2, 0.25) is 0 Å². The van der Waals surface area contributed by atoms with Crippen LogP contribution >= 0.6 is 12.4 Å². The van der Waals surface area contributed by atoms with E-state index >= 15 is 0 Å². The molecule has 0 amide bonds. The number of aliphatic hydroxyl groups is 3. The van der Waals surface area contributed by atoms with Crippen LogP contribution in [0.25, 0.3) is 0 Å². The zero-order valence-corrected chi connectivity index (χ0v) is 7.52. The second-order valence-corrected chi connectivity index (χ2v) is 1.02. The molecule has 3 N–H and O–H groups in total. The van der Waals surface area contributed by atoms with Gasteiger partial charge in [-0.05, 0) is 0 Å². The van der Waals surface area contributed by atoms with Gasteiger partial charge in [0.2, 0.25) is 0 Å². The summed E-state index contributed by atoms with van der Waals surface area (Å²) in [5.41, 5.74) is 0. The molecular formula is C3H12AlClO3Zr. The van der Waals surface area contributed by atoms with Gasteiger partial charge in [0.15, 0.2) is 17.4 Å².